The SMILES string of the molecule is CC(NCc1ccon1)C1CCCN(C(=O)OC(C)(C)C)C1. The zero-order valence-electron chi connectivity index (χ0n) is 14.0. The van der Waals surface area contributed by atoms with Crippen LogP contribution >= 0.6 is 0 Å². The number of nitrogens with one attached hydrogen (secondary N) is 1. The minimum Gasteiger partial charge on any atom is -0.444 e. The van der Waals surface area contributed by atoms with Gasteiger partial charge in [0.1, 0.15) is 11.9 Å². The second kappa shape index (κ2) is 7.13. The van der Waals surface area contributed by atoms with E-state index in [0.717, 1.165) is 31.6 Å². The first-order chi connectivity index (χ1) is 10.3. The Labute approximate surface area is 132 Å². The maximum atomic E-state index is 12.2. The summed E-state index contributed by atoms with van der Waals surface area (Å²) in [7, 11) is 0. The summed E-state index contributed by atoms with van der Waals surface area (Å²) in [5, 5.41) is 7.36. The molecule has 1 aromatic rings. The van der Waals surface area contributed by atoms with Crippen LogP contribution in [0.15, 0.2) is 16.9 Å². The molecular weight excluding hydrogens is 282 g/mol. The van der Waals surface area contributed by atoms with Crippen LogP contribution in [0.1, 0.15) is 46.2 Å². The van der Waals surface area contributed by atoms with E-state index in [-0.39, 0.29) is 6.09 Å². The van der Waals surface area contributed by atoms with E-state index in [4.69, 9.17) is 9.26 Å². The van der Waals surface area contributed by atoms with Gasteiger partial charge in [-0.1, -0.05) is 5.16 Å². The number of amides is 1. The largest absolute Gasteiger partial charge is 0.444 e. The number of likely N-dealkylation sites (tertiary alicyclic amines) is 1. The van der Waals surface area contributed by atoms with Crippen molar-refractivity contribution in [1.29, 1.82) is 0 Å². The minimum atomic E-state index is -0.444. The summed E-state index contributed by atoms with van der Waals surface area (Å²) in [6.07, 6.45) is 3.50. The fraction of sp³-hybridized carbons (Fsp3) is 0.750. The third-order valence-corrected chi connectivity index (χ3v) is 3.91. The van der Waals surface area contributed by atoms with Crippen LogP contribution in [0.5, 0.6) is 0 Å². The van der Waals surface area contributed by atoms with Crippen molar-refractivity contribution in [3.8, 4) is 0 Å². The van der Waals surface area contributed by atoms with Crippen molar-refractivity contribution in [1.82, 2.24) is 15.4 Å². The number of aromatic nitrogens is 1. The van der Waals surface area contributed by atoms with Crippen molar-refractivity contribution in [3.63, 3.8) is 0 Å². The van der Waals surface area contributed by atoms with E-state index in [1.807, 2.05) is 31.7 Å². The van der Waals surface area contributed by atoms with Crippen molar-refractivity contribution in [2.75, 3.05) is 13.1 Å². The lowest BCUT2D eigenvalue weighted by atomic mass is 9.91. The Balaban J connectivity index is 1.82. The third-order valence-electron chi connectivity index (χ3n) is 3.91. The molecule has 1 aliphatic rings. The molecule has 2 heterocycles. The first kappa shape index (κ1) is 16.8. The first-order valence-corrected chi connectivity index (χ1v) is 7.96. The molecule has 0 aliphatic carbocycles. The quantitative estimate of drug-likeness (QED) is 0.926. The Morgan fingerprint density at radius 1 is 1.59 bits per heavy atom. The van der Waals surface area contributed by atoms with Crippen molar-refractivity contribution >= 4 is 6.09 Å². The maximum Gasteiger partial charge on any atom is 0.410 e. The summed E-state index contributed by atoms with van der Waals surface area (Å²) in [6.45, 7) is 10.0. The molecule has 1 N–H and O–H groups in total. The lowest BCUT2D eigenvalue weighted by Gasteiger charge is -2.36. The molecule has 1 fully saturated rings. The molecule has 0 radical (unpaired) electrons. The van der Waals surface area contributed by atoms with Crippen LogP contribution in [-0.2, 0) is 11.3 Å². The van der Waals surface area contributed by atoms with Crippen LogP contribution in [0, 0.1) is 5.92 Å². The normalized spacial score (nSPS) is 20.7. The molecule has 1 saturated heterocycles. The summed E-state index contributed by atoms with van der Waals surface area (Å²) in [4.78, 5) is 14.0. The summed E-state index contributed by atoms with van der Waals surface area (Å²) in [6, 6.07) is 2.16. The highest BCUT2D eigenvalue weighted by Gasteiger charge is 2.30. The number of nitrogens with zero attached hydrogens (tertiary/aromatic N) is 2. The molecule has 124 valence electrons. The number of piperidine rings is 1. The van der Waals surface area contributed by atoms with Gasteiger partial charge in [0, 0.05) is 31.7 Å². The molecule has 0 saturated carbocycles. The molecule has 22 heavy (non-hydrogen) atoms. The fourth-order valence-corrected chi connectivity index (χ4v) is 2.67. The van der Waals surface area contributed by atoms with E-state index >= 15 is 0 Å². The molecule has 2 rings (SSSR count). The highest BCUT2D eigenvalue weighted by molar-refractivity contribution is 5.68. The number of carbonyl (C=O) groups is 1. The second-order valence-electron chi connectivity index (χ2n) is 6.99. The topological polar surface area (TPSA) is 67.6 Å². The monoisotopic (exact) mass is 309 g/mol. The Morgan fingerprint density at radius 2 is 2.36 bits per heavy atom. The smallest absolute Gasteiger partial charge is 0.410 e. The molecule has 0 spiro atoms. The first-order valence-electron chi connectivity index (χ1n) is 7.96. The van der Waals surface area contributed by atoms with Gasteiger partial charge in [-0.25, -0.2) is 4.79 Å². The van der Waals surface area contributed by atoms with Gasteiger partial charge in [-0.15, -0.1) is 0 Å². The highest BCUT2D eigenvalue weighted by Crippen LogP contribution is 2.22. The molecule has 2 unspecified atom stereocenters. The average molecular weight is 309 g/mol. The fourth-order valence-electron chi connectivity index (χ4n) is 2.67. The number of rotatable bonds is 4. The van der Waals surface area contributed by atoms with E-state index in [2.05, 4.69) is 17.4 Å². The second-order valence-corrected chi connectivity index (χ2v) is 6.99. The van der Waals surface area contributed by atoms with E-state index in [9.17, 15) is 4.79 Å². The van der Waals surface area contributed by atoms with Crippen molar-refractivity contribution in [2.45, 2.75) is 58.7 Å². The van der Waals surface area contributed by atoms with Gasteiger partial charge >= 0.3 is 6.09 Å². The Bertz CT molecular complexity index is 467. The number of ether oxygens (including phenoxy) is 1. The molecule has 2 atom stereocenters. The molecule has 6 heteroatoms. The highest BCUT2D eigenvalue weighted by atomic mass is 16.6. The molecule has 0 bridgehead atoms. The lowest BCUT2D eigenvalue weighted by molar-refractivity contribution is 0.0148. The van der Waals surface area contributed by atoms with Crippen LogP contribution in [-0.4, -0.2) is 40.9 Å². The number of carbonyl (C=O) groups excluding carboxylic acids is 1. The maximum absolute atomic E-state index is 12.2. The third kappa shape index (κ3) is 5.02. The van der Waals surface area contributed by atoms with Gasteiger partial charge in [-0.05, 0) is 46.5 Å². The Morgan fingerprint density at radius 3 is 3.00 bits per heavy atom. The van der Waals surface area contributed by atoms with Gasteiger partial charge in [0.05, 0.1) is 5.69 Å². The molecule has 1 aromatic heterocycles. The molecule has 6 nitrogen and oxygen atoms in total. The van der Waals surface area contributed by atoms with Crippen LogP contribution in [0.25, 0.3) is 0 Å². The van der Waals surface area contributed by atoms with E-state index < -0.39 is 5.60 Å². The Kier molecular flexibility index (Phi) is 5.45. The standard InChI is InChI=1S/C16H27N3O3/c1-12(17-10-14-7-9-21-18-14)13-6-5-8-19(11-13)15(20)22-16(2,3)4/h7,9,12-13,17H,5-6,8,10-11H2,1-4H3. The van der Waals surface area contributed by atoms with E-state index in [1.165, 1.54) is 0 Å². The van der Waals surface area contributed by atoms with Gasteiger partial charge < -0.3 is 19.5 Å². The van der Waals surface area contributed by atoms with Gasteiger partial charge in [-0.3, -0.25) is 0 Å². The van der Waals surface area contributed by atoms with Crippen molar-refractivity contribution in [3.05, 3.63) is 18.0 Å². The van der Waals surface area contributed by atoms with Crippen molar-refractivity contribution < 1.29 is 14.1 Å². The van der Waals surface area contributed by atoms with E-state index in [1.54, 1.807) is 6.26 Å². The Hall–Kier alpha value is -1.56. The van der Waals surface area contributed by atoms with Crippen LogP contribution in [0.4, 0.5) is 4.79 Å². The number of hydrogen-bond acceptors (Lipinski definition) is 5. The van der Waals surface area contributed by atoms with Crippen LogP contribution < -0.4 is 5.32 Å². The zero-order chi connectivity index (χ0) is 16.2. The summed E-state index contributed by atoms with van der Waals surface area (Å²) in [5.41, 5.74) is 0.451. The predicted molar refractivity (Wildman–Crippen MR) is 83.3 cm³/mol. The van der Waals surface area contributed by atoms with Gasteiger partial charge in [0.25, 0.3) is 0 Å². The van der Waals surface area contributed by atoms with Crippen LogP contribution in [0.3, 0.4) is 0 Å². The zero-order valence-corrected chi connectivity index (χ0v) is 14.0. The average Bonchev–Trinajstić information content (AvgIpc) is 2.96. The predicted octanol–water partition coefficient (Wildman–Crippen LogP) is 2.80. The van der Waals surface area contributed by atoms with E-state index in [0.29, 0.717) is 18.5 Å². The van der Waals surface area contributed by atoms with Crippen molar-refractivity contribution in [2.24, 2.45) is 5.92 Å². The summed E-state index contributed by atoms with van der Waals surface area (Å²) in [5.74, 6) is 0.424. The van der Waals surface area contributed by atoms with Gasteiger partial charge in [-0.2, -0.15) is 0 Å². The summed E-state index contributed by atoms with van der Waals surface area (Å²) >= 11 is 0. The molecular formula is C16H27N3O3. The minimum absolute atomic E-state index is 0.207. The lowest BCUT2D eigenvalue weighted by Crippen LogP contribution is -2.47. The molecule has 0 aromatic carbocycles. The van der Waals surface area contributed by atoms with Crippen LogP contribution in [0.2, 0.25) is 0 Å². The summed E-state index contributed by atoms with van der Waals surface area (Å²) < 4.78 is 10.3. The van der Waals surface area contributed by atoms with Gasteiger partial charge in [0.15, 0.2) is 0 Å². The number of hydrogen-bond donors (Lipinski definition) is 1. The molecule has 1 amide bonds. The molecule has 1 aliphatic heterocycles. The van der Waals surface area contributed by atoms with Gasteiger partial charge in [0.2, 0.25) is 0 Å².